The van der Waals surface area contributed by atoms with Crippen LogP contribution < -0.4 is 4.74 Å². The summed E-state index contributed by atoms with van der Waals surface area (Å²) in [6.45, 7) is 4.58. The van der Waals surface area contributed by atoms with Crippen LogP contribution in [0.2, 0.25) is 0 Å². The van der Waals surface area contributed by atoms with Crippen molar-refractivity contribution < 1.29 is 19.1 Å². The van der Waals surface area contributed by atoms with E-state index in [1.165, 1.54) is 7.11 Å². The molecule has 0 unspecified atom stereocenters. The van der Waals surface area contributed by atoms with E-state index in [0.29, 0.717) is 23.4 Å². The van der Waals surface area contributed by atoms with Crippen LogP contribution in [0.4, 0.5) is 0 Å². The van der Waals surface area contributed by atoms with Crippen LogP contribution in [0.15, 0.2) is 77.5 Å². The van der Waals surface area contributed by atoms with Crippen LogP contribution in [0.5, 0.6) is 5.75 Å². The fourth-order valence-corrected chi connectivity index (χ4v) is 4.17. The average Bonchev–Trinajstić information content (AvgIpc) is 3.36. The quantitative estimate of drug-likeness (QED) is 0.217. The summed E-state index contributed by atoms with van der Waals surface area (Å²) in [5, 5.41) is 14.5. The van der Waals surface area contributed by atoms with Crippen molar-refractivity contribution in [2.24, 2.45) is 0 Å². The molecule has 38 heavy (non-hydrogen) atoms. The van der Waals surface area contributed by atoms with Crippen LogP contribution in [-0.2, 0) is 14.3 Å². The average molecular weight is 511 g/mol. The molecule has 0 aliphatic carbocycles. The van der Waals surface area contributed by atoms with Crippen LogP contribution in [-0.4, -0.2) is 53.4 Å². The predicted molar refractivity (Wildman–Crippen MR) is 144 cm³/mol. The Labute approximate surface area is 222 Å². The van der Waals surface area contributed by atoms with Crippen molar-refractivity contribution in [1.29, 1.82) is 5.26 Å². The highest BCUT2D eigenvalue weighted by Crippen LogP contribution is 2.32. The Morgan fingerprint density at radius 1 is 1.05 bits per heavy atom. The molecule has 194 valence electrons. The Morgan fingerprint density at radius 2 is 1.84 bits per heavy atom. The number of methoxy groups -OCH3 is 1. The second kappa shape index (κ2) is 12.2. The summed E-state index contributed by atoms with van der Waals surface area (Å²) in [5.41, 5.74) is 3.52. The molecule has 2 heterocycles. The minimum Gasteiger partial charge on any atom is -0.494 e. The Morgan fingerprint density at radius 3 is 2.55 bits per heavy atom. The molecule has 3 aromatic rings. The molecule has 0 bridgehead atoms. The molecule has 0 fully saturated rings. The van der Waals surface area contributed by atoms with Crippen LogP contribution in [0.1, 0.15) is 32.3 Å². The van der Waals surface area contributed by atoms with E-state index in [2.05, 4.69) is 6.92 Å². The van der Waals surface area contributed by atoms with E-state index in [4.69, 9.17) is 14.6 Å². The third-order valence-corrected chi connectivity index (χ3v) is 6.28. The van der Waals surface area contributed by atoms with Crippen molar-refractivity contribution in [2.75, 3.05) is 26.9 Å². The zero-order valence-corrected chi connectivity index (χ0v) is 21.8. The molecule has 1 aliphatic rings. The Kier molecular flexibility index (Phi) is 8.51. The van der Waals surface area contributed by atoms with Gasteiger partial charge in [-0.1, -0.05) is 43.7 Å². The van der Waals surface area contributed by atoms with Gasteiger partial charge in [-0.15, -0.1) is 0 Å². The summed E-state index contributed by atoms with van der Waals surface area (Å²) in [5.74, 6) is -0.350. The predicted octanol–water partition coefficient (Wildman–Crippen LogP) is 4.96. The number of aromatic nitrogens is 2. The lowest BCUT2D eigenvalue weighted by Gasteiger charge is -2.27. The lowest BCUT2D eigenvalue weighted by Crippen LogP contribution is -2.44. The van der Waals surface area contributed by atoms with Crippen molar-refractivity contribution in [3.8, 4) is 28.8 Å². The molecule has 0 radical (unpaired) electrons. The molecular formula is C30H30N4O4. The highest BCUT2D eigenvalue weighted by atomic mass is 16.5. The van der Waals surface area contributed by atoms with Crippen LogP contribution in [0, 0.1) is 11.3 Å². The number of nitriles is 1. The smallest absolute Gasteiger partial charge is 0.271 e. The first-order valence-electron chi connectivity index (χ1n) is 12.5. The van der Waals surface area contributed by atoms with E-state index < -0.39 is 11.8 Å². The molecule has 2 amide bonds. The first kappa shape index (κ1) is 26.6. The van der Waals surface area contributed by atoms with Gasteiger partial charge in [0, 0.05) is 30.0 Å². The summed E-state index contributed by atoms with van der Waals surface area (Å²) in [7, 11) is 1.49. The number of hydrogen-bond donors (Lipinski definition) is 0. The molecule has 0 saturated carbocycles. The number of amides is 2. The Balaban J connectivity index is 1.85. The largest absolute Gasteiger partial charge is 0.494 e. The molecule has 4 rings (SSSR count). The lowest BCUT2D eigenvalue weighted by atomic mass is 9.93. The van der Waals surface area contributed by atoms with Gasteiger partial charge < -0.3 is 9.47 Å². The van der Waals surface area contributed by atoms with E-state index in [-0.39, 0.29) is 24.3 Å². The van der Waals surface area contributed by atoms with Crippen molar-refractivity contribution in [1.82, 2.24) is 14.7 Å². The minimum absolute atomic E-state index is 0.0528. The van der Waals surface area contributed by atoms with E-state index in [0.717, 1.165) is 34.7 Å². The number of hydrogen-bond acceptors (Lipinski definition) is 6. The number of nitrogens with zero attached hydrogens (tertiary/aromatic N) is 4. The standard InChI is InChI=1S/C30H30N4O4/c1-4-5-15-38-25-13-9-10-22(17-25)28-23(20-34(32-28)24-11-7-6-8-12-24)18-26-21(2)27(19-31)30(36)33(29(26)35)14-16-37-3/h6-13,17-18,20H,4-5,14-16H2,1-3H3/b26-18+. The maximum atomic E-state index is 13.4. The fourth-order valence-electron chi connectivity index (χ4n) is 4.17. The SMILES string of the molecule is CCCCOc1cccc(-c2nn(-c3ccccc3)cc2/C=C2/C(=O)N(CCOC)C(=O)C(C#N)=C2C)c1. The van der Waals surface area contributed by atoms with E-state index in [1.54, 1.807) is 17.7 Å². The molecule has 1 aromatic heterocycles. The summed E-state index contributed by atoms with van der Waals surface area (Å²) in [6.07, 6.45) is 5.53. The highest BCUT2D eigenvalue weighted by Gasteiger charge is 2.35. The summed E-state index contributed by atoms with van der Waals surface area (Å²) < 4.78 is 12.7. The van der Waals surface area contributed by atoms with E-state index >= 15 is 0 Å². The van der Waals surface area contributed by atoms with Gasteiger partial charge in [-0.3, -0.25) is 14.5 Å². The van der Waals surface area contributed by atoms with Gasteiger partial charge in [0.15, 0.2) is 0 Å². The van der Waals surface area contributed by atoms with Crippen molar-refractivity contribution >= 4 is 17.9 Å². The van der Waals surface area contributed by atoms with Crippen molar-refractivity contribution in [2.45, 2.75) is 26.7 Å². The highest BCUT2D eigenvalue weighted by molar-refractivity contribution is 6.19. The van der Waals surface area contributed by atoms with Crippen molar-refractivity contribution in [3.63, 3.8) is 0 Å². The van der Waals surface area contributed by atoms with Crippen LogP contribution in [0.25, 0.3) is 23.0 Å². The number of para-hydroxylation sites is 1. The molecule has 0 N–H and O–H groups in total. The number of ether oxygens (including phenoxy) is 2. The maximum absolute atomic E-state index is 13.4. The summed E-state index contributed by atoms with van der Waals surface area (Å²) in [4.78, 5) is 27.3. The van der Waals surface area contributed by atoms with Crippen LogP contribution >= 0.6 is 0 Å². The third kappa shape index (κ3) is 5.58. The first-order chi connectivity index (χ1) is 18.5. The van der Waals surface area contributed by atoms with Gasteiger partial charge >= 0.3 is 0 Å². The summed E-state index contributed by atoms with van der Waals surface area (Å²) in [6, 6.07) is 19.3. The fraction of sp³-hybridized carbons (Fsp3) is 0.267. The Hall–Kier alpha value is -4.48. The van der Waals surface area contributed by atoms with Gasteiger partial charge in [-0.2, -0.15) is 10.4 Å². The van der Waals surface area contributed by atoms with Gasteiger partial charge in [0.2, 0.25) is 0 Å². The number of benzene rings is 2. The van der Waals surface area contributed by atoms with Crippen LogP contribution in [0.3, 0.4) is 0 Å². The summed E-state index contributed by atoms with van der Waals surface area (Å²) >= 11 is 0. The zero-order valence-electron chi connectivity index (χ0n) is 21.8. The molecule has 8 nitrogen and oxygen atoms in total. The number of unbranched alkanes of at least 4 members (excludes halogenated alkanes) is 1. The zero-order chi connectivity index (χ0) is 27.1. The number of carbonyl (C=O) groups is 2. The monoisotopic (exact) mass is 510 g/mol. The third-order valence-electron chi connectivity index (χ3n) is 6.28. The molecule has 1 aliphatic heterocycles. The number of imide groups is 1. The second-order valence-corrected chi connectivity index (χ2v) is 8.87. The van der Waals surface area contributed by atoms with Gasteiger partial charge in [-0.25, -0.2) is 4.68 Å². The number of rotatable bonds is 10. The molecule has 0 saturated heterocycles. The normalized spacial score (nSPS) is 14.8. The van der Waals surface area contributed by atoms with E-state index in [1.807, 2.05) is 66.9 Å². The lowest BCUT2D eigenvalue weighted by molar-refractivity contribution is -0.141. The van der Waals surface area contributed by atoms with E-state index in [9.17, 15) is 14.9 Å². The second-order valence-electron chi connectivity index (χ2n) is 8.87. The van der Waals surface area contributed by atoms with Gasteiger partial charge in [0.25, 0.3) is 11.8 Å². The van der Waals surface area contributed by atoms with Gasteiger partial charge in [0.1, 0.15) is 23.1 Å². The Bertz CT molecular complexity index is 1430. The first-order valence-corrected chi connectivity index (χ1v) is 12.5. The maximum Gasteiger partial charge on any atom is 0.271 e. The molecule has 8 heteroatoms. The minimum atomic E-state index is -0.610. The van der Waals surface area contributed by atoms with Gasteiger partial charge in [0.05, 0.1) is 25.4 Å². The number of carbonyl (C=O) groups excluding carboxylic acids is 2. The molecule has 2 aromatic carbocycles. The molecular weight excluding hydrogens is 480 g/mol. The van der Waals surface area contributed by atoms with Crippen molar-refractivity contribution in [3.05, 3.63) is 83.1 Å². The van der Waals surface area contributed by atoms with Gasteiger partial charge in [-0.05, 0) is 49.3 Å². The molecule has 0 spiro atoms. The topological polar surface area (TPSA) is 97.4 Å². The molecule has 0 atom stereocenters.